The number of pyridine rings is 1. The molecule has 0 radical (unpaired) electrons. The second-order valence-electron chi connectivity index (χ2n) is 4.63. The predicted octanol–water partition coefficient (Wildman–Crippen LogP) is 0.710. The van der Waals surface area contributed by atoms with E-state index in [0.717, 1.165) is 5.56 Å². The normalized spacial score (nSPS) is 18.6. The quantitative estimate of drug-likeness (QED) is 0.850. The fraction of sp³-hybridized carbons (Fsp3) is 0.462. The van der Waals surface area contributed by atoms with Gasteiger partial charge >= 0.3 is 12.0 Å². The van der Waals surface area contributed by atoms with E-state index in [1.54, 1.807) is 11.0 Å². The third-order valence-electron chi connectivity index (χ3n) is 3.12. The number of ether oxygens (including phenoxy) is 1. The van der Waals surface area contributed by atoms with Gasteiger partial charge in [0, 0.05) is 19.3 Å². The molecule has 0 saturated carbocycles. The third kappa shape index (κ3) is 3.45. The Morgan fingerprint density at radius 2 is 2.35 bits per heavy atom. The van der Waals surface area contributed by atoms with E-state index in [2.05, 4.69) is 10.3 Å². The first-order chi connectivity index (χ1) is 9.58. The summed E-state index contributed by atoms with van der Waals surface area (Å²) >= 11 is 0. The summed E-state index contributed by atoms with van der Waals surface area (Å²) in [6.45, 7) is 3.91. The van der Waals surface area contributed by atoms with Crippen molar-refractivity contribution < 1.29 is 19.4 Å². The molecule has 7 heteroatoms. The minimum Gasteiger partial charge on any atom is -0.477 e. The van der Waals surface area contributed by atoms with Crippen LogP contribution in [-0.2, 0) is 11.3 Å². The highest BCUT2D eigenvalue weighted by Crippen LogP contribution is 2.07. The van der Waals surface area contributed by atoms with Crippen molar-refractivity contribution in [1.82, 2.24) is 15.2 Å². The van der Waals surface area contributed by atoms with Gasteiger partial charge in [0.25, 0.3) is 0 Å². The van der Waals surface area contributed by atoms with E-state index in [0.29, 0.717) is 26.3 Å². The maximum Gasteiger partial charge on any atom is 0.354 e. The van der Waals surface area contributed by atoms with Crippen LogP contribution in [0.15, 0.2) is 18.3 Å². The number of aromatic nitrogens is 1. The highest BCUT2D eigenvalue weighted by Gasteiger charge is 2.23. The summed E-state index contributed by atoms with van der Waals surface area (Å²) in [5.74, 6) is -1.07. The number of carbonyl (C=O) groups excluding carboxylic acids is 1. The molecule has 2 N–H and O–H groups in total. The first-order valence-electron chi connectivity index (χ1n) is 6.38. The Hall–Kier alpha value is -2.15. The second-order valence-corrected chi connectivity index (χ2v) is 4.63. The molecular formula is C13H17N3O4. The van der Waals surface area contributed by atoms with Gasteiger partial charge in [0.05, 0.1) is 19.3 Å². The molecule has 108 valence electrons. The lowest BCUT2D eigenvalue weighted by Crippen LogP contribution is -2.51. The van der Waals surface area contributed by atoms with Gasteiger partial charge in [-0.15, -0.1) is 0 Å². The second kappa shape index (κ2) is 6.33. The Morgan fingerprint density at radius 3 is 2.95 bits per heavy atom. The van der Waals surface area contributed by atoms with Crippen LogP contribution >= 0.6 is 0 Å². The van der Waals surface area contributed by atoms with Crippen LogP contribution in [0.3, 0.4) is 0 Å². The number of amides is 2. The van der Waals surface area contributed by atoms with Crippen molar-refractivity contribution in [3.8, 4) is 0 Å². The number of carbonyl (C=O) groups is 2. The van der Waals surface area contributed by atoms with Crippen LogP contribution in [0, 0.1) is 0 Å². The number of carboxylic acids is 1. The van der Waals surface area contributed by atoms with E-state index in [1.807, 2.05) is 6.92 Å². The molecule has 2 amide bonds. The van der Waals surface area contributed by atoms with Gasteiger partial charge in [0.15, 0.2) is 0 Å². The zero-order valence-corrected chi connectivity index (χ0v) is 11.2. The molecule has 1 aromatic rings. The van der Waals surface area contributed by atoms with Crippen LogP contribution < -0.4 is 5.32 Å². The first-order valence-corrected chi connectivity index (χ1v) is 6.38. The smallest absolute Gasteiger partial charge is 0.354 e. The molecule has 2 rings (SSSR count). The summed E-state index contributed by atoms with van der Waals surface area (Å²) in [5, 5.41) is 11.5. The number of hydrogen-bond donors (Lipinski definition) is 2. The zero-order chi connectivity index (χ0) is 14.5. The van der Waals surface area contributed by atoms with Gasteiger partial charge in [-0.05, 0) is 18.6 Å². The molecular weight excluding hydrogens is 262 g/mol. The summed E-state index contributed by atoms with van der Waals surface area (Å²) < 4.78 is 5.27. The summed E-state index contributed by atoms with van der Waals surface area (Å²) in [5.41, 5.74) is 0.742. The van der Waals surface area contributed by atoms with Crippen LogP contribution in [0.4, 0.5) is 4.79 Å². The van der Waals surface area contributed by atoms with Gasteiger partial charge in [-0.1, -0.05) is 6.07 Å². The van der Waals surface area contributed by atoms with Crippen molar-refractivity contribution in [2.75, 3.05) is 19.8 Å². The van der Waals surface area contributed by atoms with E-state index in [9.17, 15) is 9.59 Å². The van der Waals surface area contributed by atoms with Crippen molar-refractivity contribution in [3.05, 3.63) is 29.6 Å². The fourth-order valence-corrected chi connectivity index (χ4v) is 1.96. The van der Waals surface area contributed by atoms with E-state index in [-0.39, 0.29) is 17.8 Å². The Balaban J connectivity index is 1.88. The maximum atomic E-state index is 12.0. The number of nitrogens with one attached hydrogen (secondary N) is 1. The van der Waals surface area contributed by atoms with Gasteiger partial charge in [-0.25, -0.2) is 14.6 Å². The van der Waals surface area contributed by atoms with Crippen molar-refractivity contribution >= 4 is 12.0 Å². The molecule has 1 fully saturated rings. The molecule has 1 aliphatic rings. The Bertz CT molecular complexity index is 489. The monoisotopic (exact) mass is 279 g/mol. The average Bonchev–Trinajstić information content (AvgIpc) is 2.45. The SMILES string of the molecule is CC1COCCN1C(=O)NCc1ccc(C(=O)O)nc1. The minimum atomic E-state index is -1.07. The van der Waals surface area contributed by atoms with Crippen LogP contribution in [0.1, 0.15) is 23.0 Å². The molecule has 1 saturated heterocycles. The summed E-state index contributed by atoms with van der Waals surface area (Å²) in [4.78, 5) is 28.2. The van der Waals surface area contributed by atoms with Crippen LogP contribution in [-0.4, -0.2) is 52.8 Å². The van der Waals surface area contributed by atoms with E-state index in [4.69, 9.17) is 9.84 Å². The van der Waals surface area contributed by atoms with Gasteiger partial charge in [0.1, 0.15) is 5.69 Å². The Labute approximate surface area is 116 Å². The maximum absolute atomic E-state index is 12.0. The molecule has 2 heterocycles. The minimum absolute atomic E-state index is 0.0121. The molecule has 1 aliphatic heterocycles. The molecule has 1 unspecified atom stereocenters. The highest BCUT2D eigenvalue weighted by molar-refractivity contribution is 5.85. The van der Waals surface area contributed by atoms with Crippen LogP contribution in [0.2, 0.25) is 0 Å². The van der Waals surface area contributed by atoms with E-state index in [1.165, 1.54) is 12.3 Å². The van der Waals surface area contributed by atoms with Gasteiger partial charge in [-0.3, -0.25) is 0 Å². The number of rotatable bonds is 3. The molecule has 0 bridgehead atoms. The fourth-order valence-electron chi connectivity index (χ4n) is 1.96. The zero-order valence-electron chi connectivity index (χ0n) is 11.2. The largest absolute Gasteiger partial charge is 0.477 e. The number of carboxylic acid groups (broad SMARTS) is 1. The molecule has 1 aromatic heterocycles. The molecule has 0 aromatic carbocycles. The van der Waals surface area contributed by atoms with E-state index < -0.39 is 5.97 Å². The Morgan fingerprint density at radius 1 is 1.55 bits per heavy atom. The highest BCUT2D eigenvalue weighted by atomic mass is 16.5. The lowest BCUT2D eigenvalue weighted by molar-refractivity contribution is 0.0189. The lowest BCUT2D eigenvalue weighted by Gasteiger charge is -2.33. The number of aromatic carboxylic acids is 1. The van der Waals surface area contributed by atoms with E-state index >= 15 is 0 Å². The Kier molecular flexibility index (Phi) is 4.52. The molecule has 7 nitrogen and oxygen atoms in total. The molecule has 0 aliphatic carbocycles. The number of morpholine rings is 1. The molecule has 1 atom stereocenters. The van der Waals surface area contributed by atoms with Gasteiger partial charge in [-0.2, -0.15) is 0 Å². The van der Waals surface area contributed by atoms with Gasteiger partial charge < -0.3 is 20.1 Å². The summed E-state index contributed by atoms with van der Waals surface area (Å²) in [6.07, 6.45) is 1.45. The standard InChI is InChI=1S/C13H17N3O4/c1-9-8-20-5-4-16(9)13(19)15-7-10-2-3-11(12(17)18)14-6-10/h2-3,6,9H,4-5,7-8H2,1H3,(H,15,19)(H,17,18). The first kappa shape index (κ1) is 14.3. The average molecular weight is 279 g/mol. The van der Waals surface area contributed by atoms with Crippen molar-refractivity contribution in [2.24, 2.45) is 0 Å². The van der Waals surface area contributed by atoms with Crippen molar-refractivity contribution in [3.63, 3.8) is 0 Å². The summed E-state index contributed by atoms with van der Waals surface area (Å²) in [6, 6.07) is 2.96. The van der Waals surface area contributed by atoms with Crippen LogP contribution in [0.25, 0.3) is 0 Å². The molecule has 20 heavy (non-hydrogen) atoms. The molecule has 0 spiro atoms. The summed E-state index contributed by atoms with van der Waals surface area (Å²) in [7, 11) is 0. The number of nitrogens with zero attached hydrogens (tertiary/aromatic N) is 2. The van der Waals surface area contributed by atoms with Crippen LogP contribution in [0.5, 0.6) is 0 Å². The third-order valence-corrected chi connectivity index (χ3v) is 3.12. The predicted molar refractivity (Wildman–Crippen MR) is 70.4 cm³/mol. The lowest BCUT2D eigenvalue weighted by atomic mass is 10.2. The topological polar surface area (TPSA) is 91.8 Å². The number of urea groups is 1. The van der Waals surface area contributed by atoms with Crippen molar-refractivity contribution in [1.29, 1.82) is 0 Å². The van der Waals surface area contributed by atoms with Crippen molar-refractivity contribution in [2.45, 2.75) is 19.5 Å². The number of hydrogen-bond acceptors (Lipinski definition) is 4. The van der Waals surface area contributed by atoms with Gasteiger partial charge in [0.2, 0.25) is 0 Å².